The minimum Gasteiger partial charge on any atom is -0.459 e. The first-order valence-electron chi connectivity index (χ1n) is 8.11. The maximum absolute atomic E-state index is 12.5. The highest BCUT2D eigenvalue weighted by atomic mass is 35.5. The van der Waals surface area contributed by atoms with E-state index in [9.17, 15) is 4.79 Å². The number of halogens is 1. The van der Waals surface area contributed by atoms with Gasteiger partial charge in [-0.1, -0.05) is 29.8 Å². The summed E-state index contributed by atoms with van der Waals surface area (Å²) in [6.07, 6.45) is 0. The van der Waals surface area contributed by atoms with E-state index < -0.39 is 0 Å². The van der Waals surface area contributed by atoms with E-state index in [-0.39, 0.29) is 11.9 Å². The quantitative estimate of drug-likeness (QED) is 0.620. The number of hydrogen-bond acceptors (Lipinski definition) is 4. The Morgan fingerprint density at radius 1 is 1.24 bits per heavy atom. The SMILES string of the molecule is C[C@H](c1cc2ccccc2o1)N(C)CC(=O)N(C)Cc1ccc(Cl)s1. The summed E-state index contributed by atoms with van der Waals surface area (Å²) in [5.41, 5.74) is 0.871. The molecular formula is C19H21ClN2O2S. The largest absolute Gasteiger partial charge is 0.459 e. The number of thiophene rings is 1. The van der Waals surface area contributed by atoms with E-state index in [1.165, 1.54) is 11.3 Å². The normalized spacial score (nSPS) is 12.7. The van der Waals surface area contributed by atoms with Gasteiger partial charge in [-0.2, -0.15) is 0 Å². The van der Waals surface area contributed by atoms with Gasteiger partial charge < -0.3 is 9.32 Å². The summed E-state index contributed by atoms with van der Waals surface area (Å²) >= 11 is 7.45. The van der Waals surface area contributed by atoms with Gasteiger partial charge >= 0.3 is 0 Å². The number of benzene rings is 1. The summed E-state index contributed by atoms with van der Waals surface area (Å²) < 4.78 is 6.65. The molecule has 0 fully saturated rings. The molecule has 4 nitrogen and oxygen atoms in total. The molecule has 0 bridgehead atoms. The Morgan fingerprint density at radius 3 is 2.68 bits per heavy atom. The summed E-state index contributed by atoms with van der Waals surface area (Å²) in [4.78, 5) is 17.3. The molecule has 0 saturated carbocycles. The van der Waals surface area contributed by atoms with E-state index >= 15 is 0 Å². The van der Waals surface area contributed by atoms with Crippen LogP contribution in [-0.4, -0.2) is 36.3 Å². The van der Waals surface area contributed by atoms with Crippen LogP contribution in [0.5, 0.6) is 0 Å². The second kappa shape index (κ2) is 7.60. The summed E-state index contributed by atoms with van der Waals surface area (Å²) in [5, 5.41) is 1.08. The van der Waals surface area contributed by atoms with E-state index in [2.05, 4.69) is 0 Å². The number of furan rings is 1. The molecule has 1 amide bonds. The fourth-order valence-corrected chi connectivity index (χ4v) is 3.80. The highest BCUT2D eigenvalue weighted by Crippen LogP contribution is 2.27. The van der Waals surface area contributed by atoms with Crippen molar-refractivity contribution in [2.75, 3.05) is 20.6 Å². The highest BCUT2D eigenvalue weighted by molar-refractivity contribution is 7.16. The number of hydrogen-bond donors (Lipinski definition) is 0. The number of likely N-dealkylation sites (N-methyl/N-ethyl adjacent to an activating group) is 2. The number of carbonyl (C=O) groups is 1. The van der Waals surface area contributed by atoms with Gasteiger partial charge in [-0.3, -0.25) is 9.69 Å². The van der Waals surface area contributed by atoms with Crippen LogP contribution in [0, 0.1) is 0 Å². The minimum atomic E-state index is 0.0148. The van der Waals surface area contributed by atoms with Gasteiger partial charge in [0, 0.05) is 17.3 Å². The van der Waals surface area contributed by atoms with Crippen molar-refractivity contribution in [1.29, 1.82) is 0 Å². The van der Waals surface area contributed by atoms with Crippen molar-refractivity contribution >= 4 is 39.8 Å². The van der Waals surface area contributed by atoms with Crippen LogP contribution >= 0.6 is 22.9 Å². The Hall–Kier alpha value is -1.82. The van der Waals surface area contributed by atoms with Crippen LogP contribution in [0.15, 0.2) is 46.9 Å². The molecule has 0 spiro atoms. The molecule has 1 atom stereocenters. The fourth-order valence-electron chi connectivity index (χ4n) is 2.66. The summed E-state index contributed by atoms with van der Waals surface area (Å²) in [5.74, 6) is 0.930. The Bertz CT molecular complexity index is 840. The van der Waals surface area contributed by atoms with Crippen LogP contribution < -0.4 is 0 Å². The van der Waals surface area contributed by atoms with E-state index in [4.69, 9.17) is 16.0 Å². The van der Waals surface area contributed by atoms with E-state index in [0.717, 1.165) is 25.9 Å². The first-order chi connectivity index (χ1) is 11.9. The van der Waals surface area contributed by atoms with Crippen LogP contribution in [0.3, 0.4) is 0 Å². The summed E-state index contributed by atoms with van der Waals surface area (Å²) in [6.45, 7) is 2.95. The zero-order valence-electron chi connectivity index (χ0n) is 14.5. The van der Waals surface area contributed by atoms with Gasteiger partial charge in [0.25, 0.3) is 0 Å². The van der Waals surface area contributed by atoms with Gasteiger partial charge in [-0.15, -0.1) is 11.3 Å². The molecule has 0 saturated heterocycles. The number of fused-ring (bicyclic) bond motifs is 1. The van der Waals surface area contributed by atoms with Crippen molar-refractivity contribution in [3.63, 3.8) is 0 Å². The molecular weight excluding hydrogens is 356 g/mol. The monoisotopic (exact) mass is 376 g/mol. The zero-order valence-corrected chi connectivity index (χ0v) is 16.1. The molecule has 6 heteroatoms. The van der Waals surface area contributed by atoms with Crippen molar-refractivity contribution < 1.29 is 9.21 Å². The lowest BCUT2D eigenvalue weighted by Crippen LogP contribution is -2.37. The van der Waals surface area contributed by atoms with Crippen molar-refractivity contribution in [1.82, 2.24) is 9.80 Å². The third kappa shape index (κ3) is 4.24. The molecule has 0 unspecified atom stereocenters. The predicted molar refractivity (Wildman–Crippen MR) is 103 cm³/mol. The molecule has 1 aromatic carbocycles. The molecule has 3 aromatic rings. The predicted octanol–water partition coefficient (Wildman–Crippen LogP) is 4.80. The lowest BCUT2D eigenvalue weighted by molar-refractivity contribution is -0.131. The molecule has 0 aliphatic heterocycles. The average Bonchev–Trinajstić information content (AvgIpc) is 3.19. The smallest absolute Gasteiger partial charge is 0.236 e. The first kappa shape index (κ1) is 18.0. The Labute approximate surface area is 156 Å². The Morgan fingerprint density at radius 2 is 2.00 bits per heavy atom. The number of carbonyl (C=O) groups excluding carboxylic acids is 1. The third-order valence-electron chi connectivity index (χ3n) is 4.35. The maximum atomic E-state index is 12.5. The van der Waals surface area contributed by atoms with Gasteiger partial charge in [-0.05, 0) is 38.2 Å². The zero-order chi connectivity index (χ0) is 18.0. The molecule has 0 aliphatic carbocycles. The van der Waals surface area contributed by atoms with Crippen LogP contribution in [-0.2, 0) is 11.3 Å². The Kier molecular flexibility index (Phi) is 5.47. The molecule has 2 heterocycles. The van der Waals surface area contributed by atoms with Crippen molar-refractivity contribution in [3.8, 4) is 0 Å². The lowest BCUT2D eigenvalue weighted by Gasteiger charge is -2.25. The first-order valence-corrected chi connectivity index (χ1v) is 9.30. The van der Waals surface area contributed by atoms with Crippen molar-refractivity contribution in [3.05, 3.63) is 57.4 Å². The summed E-state index contributed by atoms with van der Waals surface area (Å²) in [6, 6.07) is 13.8. The van der Waals surface area contributed by atoms with Crippen LogP contribution in [0.1, 0.15) is 23.6 Å². The topological polar surface area (TPSA) is 36.7 Å². The van der Waals surface area contributed by atoms with Crippen LogP contribution in [0.4, 0.5) is 0 Å². The molecule has 25 heavy (non-hydrogen) atoms. The van der Waals surface area contributed by atoms with Gasteiger partial charge in [0.15, 0.2) is 0 Å². The standard InChI is InChI=1S/C19H21ClN2O2S/c1-13(17-10-14-6-4-5-7-16(14)24-17)21(2)12-19(23)22(3)11-15-8-9-18(20)25-15/h4-10,13H,11-12H2,1-3H3/t13-/m1/s1. The van der Waals surface area contributed by atoms with E-state index in [1.54, 1.807) is 4.90 Å². The van der Waals surface area contributed by atoms with Gasteiger partial charge in [0.05, 0.1) is 23.5 Å². The molecule has 0 aliphatic rings. The van der Waals surface area contributed by atoms with Crippen molar-refractivity contribution in [2.45, 2.75) is 19.5 Å². The fraction of sp³-hybridized carbons (Fsp3) is 0.316. The van der Waals surface area contributed by atoms with E-state index in [1.807, 2.05) is 68.4 Å². The van der Waals surface area contributed by atoms with Crippen molar-refractivity contribution in [2.24, 2.45) is 0 Å². The van der Waals surface area contributed by atoms with Gasteiger partial charge in [-0.25, -0.2) is 0 Å². The van der Waals surface area contributed by atoms with Crippen LogP contribution in [0.2, 0.25) is 4.34 Å². The molecule has 132 valence electrons. The number of nitrogens with zero attached hydrogens (tertiary/aromatic N) is 2. The molecule has 3 rings (SSSR count). The van der Waals surface area contributed by atoms with Crippen LogP contribution in [0.25, 0.3) is 11.0 Å². The second-order valence-electron chi connectivity index (χ2n) is 6.23. The number of rotatable bonds is 6. The Balaban J connectivity index is 1.61. The number of amides is 1. The van der Waals surface area contributed by atoms with Gasteiger partial charge in [0.1, 0.15) is 11.3 Å². The maximum Gasteiger partial charge on any atom is 0.236 e. The molecule has 0 N–H and O–H groups in total. The number of para-hydroxylation sites is 1. The second-order valence-corrected chi connectivity index (χ2v) is 8.03. The average molecular weight is 377 g/mol. The van der Waals surface area contributed by atoms with E-state index in [0.29, 0.717) is 13.1 Å². The molecule has 2 aromatic heterocycles. The lowest BCUT2D eigenvalue weighted by atomic mass is 10.2. The third-order valence-corrected chi connectivity index (χ3v) is 5.57. The van der Waals surface area contributed by atoms with Gasteiger partial charge in [0.2, 0.25) is 5.91 Å². The highest BCUT2D eigenvalue weighted by Gasteiger charge is 2.20. The minimum absolute atomic E-state index is 0.0148. The molecule has 0 radical (unpaired) electrons. The summed E-state index contributed by atoms with van der Waals surface area (Å²) in [7, 11) is 3.75.